The Kier molecular flexibility index (Phi) is 17.5. The van der Waals surface area contributed by atoms with Crippen LogP contribution >= 0.6 is 0 Å². The number of carbonyl (C=O) groups is 5. The van der Waals surface area contributed by atoms with Crippen molar-refractivity contribution in [3.8, 4) is 0 Å². The highest BCUT2D eigenvalue weighted by atomic mass is 16.2. The summed E-state index contributed by atoms with van der Waals surface area (Å²) in [6.45, 7) is 14.3. The predicted octanol–water partition coefficient (Wildman–Crippen LogP) is 3.01. The molecular weight excluding hydrogens is 620 g/mol. The zero-order valence-corrected chi connectivity index (χ0v) is 30.3. The third kappa shape index (κ3) is 14.8. The van der Waals surface area contributed by atoms with Gasteiger partial charge in [0.15, 0.2) is 0 Å². The number of hydrogen-bond acceptors (Lipinski definition) is 6. The minimum absolute atomic E-state index is 0.0860. The third-order valence-electron chi connectivity index (χ3n) is 8.11. The first-order valence-corrected chi connectivity index (χ1v) is 17.5. The molecule has 0 bridgehead atoms. The summed E-state index contributed by atoms with van der Waals surface area (Å²) in [6.07, 6.45) is 2.09. The molecule has 49 heavy (non-hydrogen) atoms. The van der Waals surface area contributed by atoms with Crippen molar-refractivity contribution in [2.45, 2.75) is 111 Å². The average molecular weight is 679 g/mol. The molecule has 2 aromatic carbocycles. The van der Waals surface area contributed by atoms with Gasteiger partial charge in [-0.05, 0) is 54.7 Å². The van der Waals surface area contributed by atoms with Crippen molar-refractivity contribution >= 4 is 29.5 Å². The quantitative estimate of drug-likeness (QED) is 0.119. The summed E-state index contributed by atoms with van der Waals surface area (Å²) in [5.74, 6) is -2.52. The number of nitrogens with two attached hydrogens (primary N) is 1. The predicted molar refractivity (Wildman–Crippen MR) is 193 cm³/mol. The molecule has 7 N–H and O–H groups in total. The molecule has 2 aromatic rings. The lowest BCUT2D eigenvalue weighted by Crippen LogP contribution is -2.60. The molecule has 0 aliphatic heterocycles. The van der Waals surface area contributed by atoms with E-state index in [-0.39, 0.29) is 36.5 Å². The lowest BCUT2D eigenvalue weighted by atomic mass is 9.98. The van der Waals surface area contributed by atoms with Crippen LogP contribution in [-0.4, -0.2) is 66.3 Å². The Morgan fingerprint density at radius 3 is 1.39 bits per heavy atom. The summed E-state index contributed by atoms with van der Waals surface area (Å²) in [4.78, 5) is 67.1. The summed E-state index contributed by atoms with van der Waals surface area (Å²) < 4.78 is 0. The fraction of sp³-hybridized carbons (Fsp3) is 0.553. The molecule has 0 heterocycles. The topological polar surface area (TPSA) is 172 Å². The van der Waals surface area contributed by atoms with Crippen LogP contribution in [0.25, 0.3) is 0 Å². The van der Waals surface area contributed by atoms with Crippen LogP contribution in [0, 0.1) is 17.8 Å². The summed E-state index contributed by atoms with van der Waals surface area (Å²) in [6, 6.07) is 14.0. The molecular formula is C38H58N6O5. The molecule has 0 aromatic heterocycles. The van der Waals surface area contributed by atoms with Crippen molar-refractivity contribution in [3.05, 3.63) is 71.8 Å². The highest BCUT2D eigenvalue weighted by Crippen LogP contribution is 2.12. The van der Waals surface area contributed by atoms with Crippen LogP contribution in [0.1, 0.15) is 78.9 Å². The minimum Gasteiger partial charge on any atom is -0.368 e. The van der Waals surface area contributed by atoms with E-state index in [0.717, 1.165) is 17.5 Å². The van der Waals surface area contributed by atoms with E-state index in [9.17, 15) is 24.0 Å². The molecule has 11 heteroatoms. The maximum Gasteiger partial charge on any atom is 0.243 e. The van der Waals surface area contributed by atoms with Gasteiger partial charge in [-0.15, -0.1) is 0 Å². The molecule has 5 amide bonds. The number of hydrogen-bond donors (Lipinski definition) is 6. The van der Waals surface area contributed by atoms with Gasteiger partial charge in [-0.1, -0.05) is 109 Å². The third-order valence-corrected chi connectivity index (χ3v) is 8.11. The SMILES string of the molecule is CCCN[C@H](CC(C)C)C(=O)N[C@@H](C(=O)N[C@H](Cc1ccccc1)C(=O)N[C@H](Cc1ccccc1)C(=O)N[C@H](CC(C)C)C(N)=O)C(C)C. The van der Waals surface area contributed by atoms with Gasteiger partial charge in [-0.3, -0.25) is 24.0 Å². The van der Waals surface area contributed by atoms with Gasteiger partial charge in [0.1, 0.15) is 24.2 Å². The van der Waals surface area contributed by atoms with Crippen molar-refractivity contribution in [2.75, 3.05) is 6.54 Å². The van der Waals surface area contributed by atoms with Gasteiger partial charge < -0.3 is 32.3 Å². The van der Waals surface area contributed by atoms with Crippen molar-refractivity contribution < 1.29 is 24.0 Å². The maximum absolute atomic E-state index is 14.1. The van der Waals surface area contributed by atoms with Crippen LogP contribution < -0.4 is 32.3 Å². The standard InChI is InChI=1S/C38H58N6O5/c1-8-19-40-30(21-25(4)5)35(46)44-33(26(6)7)38(49)43-32(23-28-17-13-10-14-18-28)37(48)42-31(22-27-15-11-9-12-16-27)36(47)41-29(34(39)45)20-24(2)3/h9-18,24-26,29-33,40H,8,19-23H2,1-7H3,(H2,39,45)(H,41,47)(H,42,48)(H,43,49)(H,44,46)/t29-,30-,31-,32-,33-/m1/s1. The van der Waals surface area contributed by atoms with Crippen LogP contribution in [0.3, 0.4) is 0 Å². The fourth-order valence-electron chi connectivity index (χ4n) is 5.50. The monoisotopic (exact) mass is 678 g/mol. The van der Waals surface area contributed by atoms with Gasteiger partial charge in [0.2, 0.25) is 29.5 Å². The molecule has 0 radical (unpaired) electrons. The minimum atomic E-state index is -1.08. The molecule has 0 spiro atoms. The zero-order valence-electron chi connectivity index (χ0n) is 30.3. The molecule has 0 saturated carbocycles. The van der Waals surface area contributed by atoms with E-state index in [0.29, 0.717) is 19.4 Å². The molecule has 270 valence electrons. The Morgan fingerprint density at radius 2 is 0.980 bits per heavy atom. The second-order valence-electron chi connectivity index (χ2n) is 14.0. The van der Waals surface area contributed by atoms with E-state index in [2.05, 4.69) is 26.6 Å². The molecule has 0 aliphatic rings. The number of rotatable bonds is 21. The normalized spacial score (nSPS) is 14.4. The van der Waals surface area contributed by atoms with Gasteiger partial charge in [0.05, 0.1) is 6.04 Å². The first-order valence-electron chi connectivity index (χ1n) is 17.5. The molecule has 0 fully saturated rings. The molecule has 5 atom stereocenters. The first kappa shape index (κ1) is 40.9. The van der Waals surface area contributed by atoms with Crippen LogP contribution in [0.15, 0.2) is 60.7 Å². The molecule has 0 saturated heterocycles. The summed E-state index contributed by atoms with van der Waals surface area (Å²) in [5, 5.41) is 14.7. The second kappa shape index (κ2) is 21.0. The van der Waals surface area contributed by atoms with Crippen LogP contribution in [-0.2, 0) is 36.8 Å². The first-order chi connectivity index (χ1) is 23.2. The van der Waals surface area contributed by atoms with E-state index in [4.69, 9.17) is 5.73 Å². The molecule has 11 nitrogen and oxygen atoms in total. The Labute approximate surface area is 292 Å². The van der Waals surface area contributed by atoms with E-state index in [1.807, 2.05) is 109 Å². The van der Waals surface area contributed by atoms with Gasteiger partial charge in [0, 0.05) is 12.8 Å². The van der Waals surface area contributed by atoms with Crippen LogP contribution in [0.5, 0.6) is 0 Å². The molecule has 2 rings (SSSR count). The van der Waals surface area contributed by atoms with Crippen LogP contribution in [0.2, 0.25) is 0 Å². The summed E-state index contributed by atoms with van der Waals surface area (Å²) in [5.41, 5.74) is 7.19. The maximum atomic E-state index is 14.1. The number of primary amides is 1. The summed E-state index contributed by atoms with van der Waals surface area (Å²) >= 11 is 0. The second-order valence-corrected chi connectivity index (χ2v) is 14.0. The van der Waals surface area contributed by atoms with Crippen molar-refractivity contribution in [1.82, 2.24) is 26.6 Å². The Morgan fingerprint density at radius 1 is 0.571 bits per heavy atom. The molecule has 0 unspecified atom stereocenters. The number of benzene rings is 2. The van der Waals surface area contributed by atoms with Gasteiger partial charge in [-0.25, -0.2) is 0 Å². The highest BCUT2D eigenvalue weighted by molar-refractivity contribution is 5.96. The molecule has 0 aliphatic carbocycles. The highest BCUT2D eigenvalue weighted by Gasteiger charge is 2.33. The Bertz CT molecular complexity index is 1330. The Hall–Kier alpha value is -4.25. The van der Waals surface area contributed by atoms with Crippen molar-refractivity contribution in [3.63, 3.8) is 0 Å². The zero-order chi connectivity index (χ0) is 36.5. The lowest BCUT2D eigenvalue weighted by molar-refractivity contribution is -0.135. The van der Waals surface area contributed by atoms with Gasteiger partial charge >= 0.3 is 0 Å². The fourth-order valence-corrected chi connectivity index (χ4v) is 5.50. The number of nitrogens with one attached hydrogen (secondary N) is 5. The van der Waals surface area contributed by atoms with Crippen molar-refractivity contribution in [2.24, 2.45) is 23.5 Å². The Balaban J connectivity index is 2.38. The van der Waals surface area contributed by atoms with Gasteiger partial charge in [0.25, 0.3) is 0 Å². The van der Waals surface area contributed by atoms with E-state index in [1.165, 1.54) is 0 Å². The summed E-state index contributed by atoms with van der Waals surface area (Å²) in [7, 11) is 0. The van der Waals surface area contributed by atoms with E-state index in [1.54, 1.807) is 0 Å². The van der Waals surface area contributed by atoms with E-state index < -0.39 is 53.8 Å². The number of amides is 5. The smallest absolute Gasteiger partial charge is 0.243 e. The number of carbonyl (C=O) groups excluding carboxylic acids is 5. The van der Waals surface area contributed by atoms with Gasteiger partial charge in [-0.2, -0.15) is 0 Å². The van der Waals surface area contributed by atoms with E-state index >= 15 is 0 Å². The lowest BCUT2D eigenvalue weighted by Gasteiger charge is -2.29. The van der Waals surface area contributed by atoms with Crippen molar-refractivity contribution in [1.29, 1.82) is 0 Å². The largest absolute Gasteiger partial charge is 0.368 e. The van der Waals surface area contributed by atoms with Crippen LogP contribution in [0.4, 0.5) is 0 Å². The average Bonchev–Trinajstić information content (AvgIpc) is 3.04.